The minimum atomic E-state index is 0.670. The summed E-state index contributed by atoms with van der Waals surface area (Å²) >= 11 is 3.44. The fourth-order valence-electron chi connectivity index (χ4n) is 1.33. The fourth-order valence-corrected chi connectivity index (χ4v) is 1.81. The Kier molecular flexibility index (Phi) is 2.79. The molecule has 0 amide bonds. The zero-order chi connectivity index (χ0) is 10.7. The molecule has 1 heterocycles. The summed E-state index contributed by atoms with van der Waals surface area (Å²) < 4.78 is 0.953. The van der Waals surface area contributed by atoms with Gasteiger partial charge in [-0.25, -0.2) is 0 Å². The molecule has 0 aliphatic carbocycles. The summed E-state index contributed by atoms with van der Waals surface area (Å²) in [5.74, 6) is 0. The lowest BCUT2D eigenvalue weighted by Gasteiger charge is -2.03. The van der Waals surface area contributed by atoms with Crippen LogP contribution < -0.4 is 0 Å². The number of hydrogen-bond acceptors (Lipinski definition) is 2. The van der Waals surface area contributed by atoms with Crippen LogP contribution in [-0.4, -0.2) is 4.98 Å². The maximum Gasteiger partial charge on any atom is 0.0991 e. The Bertz CT molecular complexity index is 512. The Morgan fingerprint density at radius 1 is 1.13 bits per heavy atom. The highest BCUT2D eigenvalue weighted by Gasteiger charge is 2.01. The van der Waals surface area contributed by atoms with E-state index in [0.29, 0.717) is 5.56 Å². The smallest absolute Gasteiger partial charge is 0.0991 e. The Hall–Kier alpha value is -1.66. The van der Waals surface area contributed by atoms with Gasteiger partial charge in [-0.05, 0) is 45.3 Å². The predicted molar refractivity (Wildman–Crippen MR) is 62.1 cm³/mol. The van der Waals surface area contributed by atoms with E-state index >= 15 is 0 Å². The quantitative estimate of drug-likeness (QED) is 0.787. The van der Waals surface area contributed by atoms with E-state index in [-0.39, 0.29) is 0 Å². The molecule has 0 fully saturated rings. The van der Waals surface area contributed by atoms with Crippen LogP contribution in [0.1, 0.15) is 5.56 Å². The van der Waals surface area contributed by atoms with Gasteiger partial charge in [-0.1, -0.05) is 12.1 Å². The first-order chi connectivity index (χ1) is 7.31. The van der Waals surface area contributed by atoms with Crippen LogP contribution in [0, 0.1) is 11.3 Å². The van der Waals surface area contributed by atoms with Crippen molar-refractivity contribution >= 4 is 15.9 Å². The van der Waals surface area contributed by atoms with Gasteiger partial charge in [0.2, 0.25) is 0 Å². The minimum Gasteiger partial charge on any atom is -0.264 e. The highest BCUT2D eigenvalue weighted by atomic mass is 79.9. The molecule has 0 atom stereocenters. The average Bonchev–Trinajstić information content (AvgIpc) is 2.30. The molecule has 3 heteroatoms. The van der Waals surface area contributed by atoms with E-state index < -0.39 is 0 Å². The monoisotopic (exact) mass is 258 g/mol. The molecule has 0 spiro atoms. The van der Waals surface area contributed by atoms with E-state index in [2.05, 4.69) is 27.0 Å². The van der Waals surface area contributed by atoms with Crippen LogP contribution in [-0.2, 0) is 0 Å². The Labute approximate surface area is 96.3 Å². The summed E-state index contributed by atoms with van der Waals surface area (Å²) in [4.78, 5) is 4.00. The van der Waals surface area contributed by atoms with Crippen molar-refractivity contribution in [3.63, 3.8) is 0 Å². The molecule has 2 aromatic rings. The Morgan fingerprint density at radius 3 is 2.47 bits per heavy atom. The molecule has 0 saturated carbocycles. The lowest BCUT2D eigenvalue weighted by Crippen LogP contribution is -1.81. The van der Waals surface area contributed by atoms with Gasteiger partial charge in [-0.2, -0.15) is 5.26 Å². The molecular formula is C12H7BrN2. The van der Waals surface area contributed by atoms with E-state index in [1.165, 1.54) is 0 Å². The van der Waals surface area contributed by atoms with Crippen LogP contribution in [0.25, 0.3) is 11.1 Å². The maximum absolute atomic E-state index is 8.68. The molecule has 72 valence electrons. The number of nitrogens with zero attached hydrogens (tertiary/aromatic N) is 2. The summed E-state index contributed by atoms with van der Waals surface area (Å²) in [6, 6.07) is 11.5. The number of aromatic nitrogens is 1. The van der Waals surface area contributed by atoms with E-state index in [1.807, 2.05) is 30.3 Å². The van der Waals surface area contributed by atoms with Crippen LogP contribution in [0.15, 0.2) is 47.2 Å². The highest BCUT2D eigenvalue weighted by molar-refractivity contribution is 9.10. The summed E-state index contributed by atoms with van der Waals surface area (Å²) in [5, 5.41) is 8.68. The molecule has 0 saturated heterocycles. The lowest BCUT2D eigenvalue weighted by molar-refractivity contribution is 1.31. The van der Waals surface area contributed by atoms with E-state index in [9.17, 15) is 0 Å². The molecule has 0 radical (unpaired) electrons. The van der Waals surface area contributed by atoms with Crippen molar-refractivity contribution in [2.45, 2.75) is 0 Å². The number of rotatable bonds is 1. The van der Waals surface area contributed by atoms with Crippen molar-refractivity contribution in [3.8, 4) is 17.2 Å². The van der Waals surface area contributed by atoms with Crippen molar-refractivity contribution in [3.05, 3.63) is 52.8 Å². The van der Waals surface area contributed by atoms with Crippen molar-refractivity contribution in [1.82, 2.24) is 4.98 Å². The van der Waals surface area contributed by atoms with Crippen molar-refractivity contribution < 1.29 is 0 Å². The first-order valence-corrected chi connectivity index (χ1v) is 5.20. The van der Waals surface area contributed by atoms with Crippen LogP contribution in [0.4, 0.5) is 0 Å². The van der Waals surface area contributed by atoms with Crippen LogP contribution >= 0.6 is 15.9 Å². The molecule has 0 unspecified atom stereocenters. The van der Waals surface area contributed by atoms with E-state index in [0.717, 1.165) is 15.6 Å². The van der Waals surface area contributed by atoms with Gasteiger partial charge in [0.15, 0.2) is 0 Å². The van der Waals surface area contributed by atoms with Gasteiger partial charge in [0, 0.05) is 16.9 Å². The summed E-state index contributed by atoms with van der Waals surface area (Å²) in [6.45, 7) is 0. The zero-order valence-electron chi connectivity index (χ0n) is 7.81. The van der Waals surface area contributed by atoms with Crippen LogP contribution in [0.3, 0.4) is 0 Å². The van der Waals surface area contributed by atoms with Gasteiger partial charge in [-0.15, -0.1) is 0 Å². The molecule has 0 aliphatic rings. The fraction of sp³-hybridized carbons (Fsp3) is 0. The van der Waals surface area contributed by atoms with Gasteiger partial charge in [0.25, 0.3) is 0 Å². The topological polar surface area (TPSA) is 36.7 Å². The molecule has 2 rings (SSSR count). The Morgan fingerprint density at radius 2 is 1.87 bits per heavy atom. The number of halogens is 1. The molecule has 1 aromatic carbocycles. The highest BCUT2D eigenvalue weighted by Crippen LogP contribution is 2.26. The second-order valence-electron chi connectivity index (χ2n) is 3.04. The van der Waals surface area contributed by atoms with Crippen molar-refractivity contribution in [1.29, 1.82) is 5.26 Å². The lowest BCUT2D eigenvalue weighted by atomic mass is 10.1. The third kappa shape index (κ3) is 2.05. The first kappa shape index (κ1) is 9.88. The van der Waals surface area contributed by atoms with Crippen LogP contribution in [0.5, 0.6) is 0 Å². The third-order valence-corrected chi connectivity index (χ3v) is 2.73. The Balaban J connectivity index is 2.47. The normalized spacial score (nSPS) is 9.60. The molecular weight excluding hydrogens is 252 g/mol. The average molecular weight is 259 g/mol. The van der Waals surface area contributed by atoms with Gasteiger partial charge >= 0.3 is 0 Å². The molecule has 0 N–H and O–H groups in total. The molecule has 15 heavy (non-hydrogen) atoms. The summed E-state index contributed by atoms with van der Waals surface area (Å²) in [5.41, 5.74) is 2.82. The second-order valence-corrected chi connectivity index (χ2v) is 3.90. The van der Waals surface area contributed by atoms with Crippen molar-refractivity contribution in [2.24, 2.45) is 0 Å². The largest absolute Gasteiger partial charge is 0.264 e. The standard InChI is InChI=1S/C12H7BrN2/c13-12-8-15-6-5-11(12)10-3-1-9(7-14)2-4-10/h1-6,8H. The third-order valence-electron chi connectivity index (χ3n) is 2.10. The summed E-state index contributed by atoms with van der Waals surface area (Å²) in [7, 11) is 0. The predicted octanol–water partition coefficient (Wildman–Crippen LogP) is 3.38. The number of benzene rings is 1. The molecule has 0 aliphatic heterocycles. The van der Waals surface area contributed by atoms with Gasteiger partial charge < -0.3 is 0 Å². The zero-order valence-corrected chi connectivity index (χ0v) is 9.40. The molecule has 2 nitrogen and oxygen atoms in total. The maximum atomic E-state index is 8.68. The molecule has 1 aromatic heterocycles. The number of pyridine rings is 1. The van der Waals surface area contributed by atoms with Gasteiger partial charge in [0.1, 0.15) is 0 Å². The van der Waals surface area contributed by atoms with Gasteiger partial charge in [0.05, 0.1) is 11.6 Å². The first-order valence-electron chi connectivity index (χ1n) is 4.41. The van der Waals surface area contributed by atoms with E-state index in [1.54, 1.807) is 12.4 Å². The van der Waals surface area contributed by atoms with Crippen LogP contribution in [0.2, 0.25) is 0 Å². The summed E-state index contributed by atoms with van der Waals surface area (Å²) in [6.07, 6.45) is 3.51. The number of hydrogen-bond donors (Lipinski definition) is 0. The minimum absolute atomic E-state index is 0.670. The van der Waals surface area contributed by atoms with E-state index in [4.69, 9.17) is 5.26 Å². The van der Waals surface area contributed by atoms with Gasteiger partial charge in [-0.3, -0.25) is 4.98 Å². The SMILES string of the molecule is N#Cc1ccc(-c2ccncc2Br)cc1. The second kappa shape index (κ2) is 4.24. The molecule has 0 bridgehead atoms. The number of nitriles is 1. The van der Waals surface area contributed by atoms with Crippen molar-refractivity contribution in [2.75, 3.05) is 0 Å².